The topological polar surface area (TPSA) is 33.1 Å². The second-order valence-corrected chi connectivity index (χ2v) is 3.24. The van der Waals surface area contributed by atoms with Gasteiger partial charge in [0, 0.05) is 5.92 Å². The summed E-state index contributed by atoms with van der Waals surface area (Å²) in [6, 6.07) is 0. The van der Waals surface area contributed by atoms with Crippen LogP contribution in [0.2, 0.25) is 0 Å². The molecular weight excluding hydrogens is 150 g/mol. The van der Waals surface area contributed by atoms with Crippen molar-refractivity contribution in [1.29, 1.82) is 5.41 Å². The highest BCUT2D eigenvalue weighted by Gasteiger charge is 2.09. The van der Waals surface area contributed by atoms with Crippen molar-refractivity contribution in [2.75, 3.05) is 0 Å². The summed E-state index contributed by atoms with van der Waals surface area (Å²) < 4.78 is 5.26. The molecule has 0 amide bonds. The van der Waals surface area contributed by atoms with Crippen LogP contribution in [0.25, 0.3) is 0 Å². The van der Waals surface area contributed by atoms with E-state index in [4.69, 9.17) is 10.1 Å². The quantitative estimate of drug-likeness (QED) is 0.391. The molecule has 2 nitrogen and oxygen atoms in total. The second kappa shape index (κ2) is 5.81. The van der Waals surface area contributed by atoms with E-state index >= 15 is 0 Å². The molecule has 0 aromatic heterocycles. The average Bonchev–Trinajstić information content (AvgIpc) is 1.98. The zero-order valence-electron chi connectivity index (χ0n) is 8.42. The van der Waals surface area contributed by atoms with E-state index in [1.165, 1.54) is 0 Å². The van der Waals surface area contributed by atoms with Crippen LogP contribution in [0.1, 0.15) is 34.1 Å². The highest BCUT2D eigenvalue weighted by molar-refractivity contribution is 5.75. The number of hydrogen-bond donors (Lipinski definition) is 1. The van der Waals surface area contributed by atoms with Crippen LogP contribution in [0.4, 0.5) is 0 Å². The maximum atomic E-state index is 7.55. The molecule has 0 aliphatic heterocycles. The summed E-state index contributed by atoms with van der Waals surface area (Å²) in [6.45, 7) is 7.87. The minimum atomic E-state index is 0.116. The van der Waals surface area contributed by atoms with Crippen molar-refractivity contribution in [3.05, 3.63) is 12.2 Å². The van der Waals surface area contributed by atoms with Gasteiger partial charge in [0.2, 0.25) is 0 Å². The van der Waals surface area contributed by atoms with Gasteiger partial charge in [-0.3, -0.25) is 5.41 Å². The maximum Gasteiger partial charge on any atom is 0.183 e. The van der Waals surface area contributed by atoms with Gasteiger partial charge >= 0.3 is 0 Å². The van der Waals surface area contributed by atoms with E-state index in [1.54, 1.807) is 0 Å². The molecule has 0 rings (SSSR count). The molecule has 0 fully saturated rings. The molecule has 0 spiro atoms. The fourth-order valence-electron chi connectivity index (χ4n) is 0.817. The van der Waals surface area contributed by atoms with Crippen LogP contribution in [0.5, 0.6) is 0 Å². The minimum absolute atomic E-state index is 0.116. The van der Waals surface area contributed by atoms with Crippen molar-refractivity contribution in [2.45, 2.75) is 40.2 Å². The van der Waals surface area contributed by atoms with Gasteiger partial charge in [0.05, 0.1) is 6.10 Å². The third-order valence-corrected chi connectivity index (χ3v) is 1.54. The van der Waals surface area contributed by atoms with Crippen molar-refractivity contribution >= 4 is 5.90 Å². The highest BCUT2D eigenvalue weighted by Crippen LogP contribution is 2.07. The molecule has 0 radical (unpaired) electrons. The van der Waals surface area contributed by atoms with Crippen molar-refractivity contribution in [3.63, 3.8) is 0 Å². The van der Waals surface area contributed by atoms with Crippen LogP contribution in [-0.4, -0.2) is 12.0 Å². The van der Waals surface area contributed by atoms with Crippen LogP contribution in [0.3, 0.4) is 0 Å². The van der Waals surface area contributed by atoms with Gasteiger partial charge in [0.25, 0.3) is 0 Å². The van der Waals surface area contributed by atoms with Gasteiger partial charge in [-0.15, -0.1) is 0 Å². The summed E-state index contributed by atoms with van der Waals surface area (Å²) in [4.78, 5) is 0. The smallest absolute Gasteiger partial charge is 0.183 e. The van der Waals surface area contributed by atoms with E-state index in [9.17, 15) is 0 Å². The molecule has 0 aromatic carbocycles. The fraction of sp³-hybridized carbons (Fsp3) is 0.700. The molecule has 0 aliphatic rings. The third kappa shape index (κ3) is 4.94. The Bertz CT molecular complexity index is 161. The molecule has 70 valence electrons. The molecule has 1 atom stereocenters. The summed E-state index contributed by atoms with van der Waals surface area (Å²) >= 11 is 0. The van der Waals surface area contributed by atoms with Gasteiger partial charge in [-0.25, -0.2) is 0 Å². The Kier molecular flexibility index (Phi) is 5.43. The predicted octanol–water partition coefficient (Wildman–Crippen LogP) is 2.99. The highest BCUT2D eigenvalue weighted by atomic mass is 16.5. The standard InChI is InChI=1S/C10H19NO/c1-5-6-7-9(4)10(11)12-8(2)3/h5-6,8-9,11H,7H2,1-4H3/b6-5+,11-10?. The van der Waals surface area contributed by atoms with Crippen LogP contribution < -0.4 is 0 Å². The SMILES string of the molecule is C/C=C/CC(C)C(=N)OC(C)C. The maximum absolute atomic E-state index is 7.55. The van der Waals surface area contributed by atoms with E-state index in [1.807, 2.05) is 33.8 Å². The second-order valence-electron chi connectivity index (χ2n) is 3.24. The zero-order valence-corrected chi connectivity index (χ0v) is 8.42. The van der Waals surface area contributed by atoms with Crippen LogP contribution in [-0.2, 0) is 4.74 Å². The van der Waals surface area contributed by atoms with Crippen LogP contribution in [0, 0.1) is 11.3 Å². The Morgan fingerprint density at radius 1 is 1.42 bits per heavy atom. The normalized spacial score (nSPS) is 13.8. The monoisotopic (exact) mass is 169 g/mol. The van der Waals surface area contributed by atoms with Gasteiger partial charge in [-0.2, -0.15) is 0 Å². The Balaban J connectivity index is 3.76. The first-order valence-corrected chi connectivity index (χ1v) is 4.44. The molecule has 0 aliphatic carbocycles. The average molecular weight is 169 g/mol. The number of rotatable bonds is 4. The van der Waals surface area contributed by atoms with Gasteiger partial charge < -0.3 is 4.74 Å². The molecule has 1 unspecified atom stereocenters. The Hall–Kier alpha value is -0.790. The molecule has 0 aromatic rings. The van der Waals surface area contributed by atoms with E-state index in [2.05, 4.69) is 6.08 Å². The summed E-state index contributed by atoms with van der Waals surface area (Å²) in [6.07, 6.45) is 5.06. The van der Waals surface area contributed by atoms with Crippen molar-refractivity contribution < 1.29 is 4.74 Å². The number of ether oxygens (including phenoxy) is 1. The number of allylic oxidation sites excluding steroid dienone is 2. The Morgan fingerprint density at radius 3 is 2.42 bits per heavy atom. The van der Waals surface area contributed by atoms with E-state index in [-0.39, 0.29) is 12.0 Å². The first kappa shape index (κ1) is 11.2. The van der Waals surface area contributed by atoms with Crippen molar-refractivity contribution in [2.24, 2.45) is 5.92 Å². The first-order valence-electron chi connectivity index (χ1n) is 4.44. The van der Waals surface area contributed by atoms with E-state index in [0.717, 1.165) is 6.42 Å². The third-order valence-electron chi connectivity index (χ3n) is 1.54. The van der Waals surface area contributed by atoms with Gasteiger partial charge in [-0.1, -0.05) is 19.1 Å². The lowest BCUT2D eigenvalue weighted by molar-refractivity contribution is 0.210. The Labute approximate surface area is 75.1 Å². The lowest BCUT2D eigenvalue weighted by Crippen LogP contribution is -2.17. The van der Waals surface area contributed by atoms with Gasteiger partial charge in [0.1, 0.15) is 0 Å². The summed E-state index contributed by atoms with van der Waals surface area (Å²) in [7, 11) is 0. The van der Waals surface area contributed by atoms with Crippen LogP contribution in [0.15, 0.2) is 12.2 Å². The molecular formula is C10H19NO. The zero-order chi connectivity index (χ0) is 9.56. The van der Waals surface area contributed by atoms with Gasteiger partial charge in [-0.05, 0) is 27.2 Å². The first-order chi connectivity index (χ1) is 5.57. The molecule has 2 heteroatoms. The molecule has 12 heavy (non-hydrogen) atoms. The summed E-state index contributed by atoms with van der Waals surface area (Å²) in [5.74, 6) is 0.590. The largest absolute Gasteiger partial charge is 0.478 e. The lowest BCUT2D eigenvalue weighted by atomic mass is 10.1. The summed E-state index contributed by atoms with van der Waals surface area (Å²) in [5, 5.41) is 7.55. The van der Waals surface area contributed by atoms with Crippen LogP contribution >= 0.6 is 0 Å². The van der Waals surface area contributed by atoms with E-state index < -0.39 is 0 Å². The molecule has 0 heterocycles. The lowest BCUT2D eigenvalue weighted by Gasteiger charge is -2.14. The fourth-order valence-corrected chi connectivity index (χ4v) is 0.817. The predicted molar refractivity (Wildman–Crippen MR) is 52.5 cm³/mol. The minimum Gasteiger partial charge on any atom is -0.478 e. The Morgan fingerprint density at radius 2 is 2.00 bits per heavy atom. The van der Waals surface area contributed by atoms with E-state index in [0.29, 0.717) is 5.90 Å². The number of nitrogens with one attached hydrogen (secondary N) is 1. The molecule has 1 N–H and O–H groups in total. The van der Waals surface area contributed by atoms with Crippen molar-refractivity contribution in [3.8, 4) is 0 Å². The van der Waals surface area contributed by atoms with Crippen molar-refractivity contribution in [1.82, 2.24) is 0 Å². The number of hydrogen-bond acceptors (Lipinski definition) is 2. The van der Waals surface area contributed by atoms with Gasteiger partial charge in [0.15, 0.2) is 5.90 Å². The molecule has 0 saturated carbocycles. The molecule has 0 bridgehead atoms. The summed E-state index contributed by atoms with van der Waals surface area (Å²) in [5.41, 5.74) is 0. The molecule has 0 saturated heterocycles.